The summed E-state index contributed by atoms with van der Waals surface area (Å²) in [6.07, 6.45) is 1.49. The Balaban J connectivity index is 2.00. The van der Waals surface area contributed by atoms with Crippen LogP contribution >= 0.6 is 0 Å². The topological polar surface area (TPSA) is 94.0 Å². The third kappa shape index (κ3) is 2.65. The summed E-state index contributed by atoms with van der Waals surface area (Å²) in [6.45, 7) is 3.93. The fraction of sp³-hybridized carbons (Fsp3) is 0.250. The number of hydrogen-bond donors (Lipinski definition) is 2. The summed E-state index contributed by atoms with van der Waals surface area (Å²) < 4.78 is 5.36. The van der Waals surface area contributed by atoms with E-state index in [0.717, 1.165) is 11.5 Å². The first-order valence-corrected chi connectivity index (χ1v) is 5.49. The van der Waals surface area contributed by atoms with E-state index in [1.165, 1.54) is 12.3 Å². The molecule has 0 unspecified atom stereocenters. The highest BCUT2D eigenvalue weighted by Gasteiger charge is 2.09. The number of rotatable bonds is 3. The summed E-state index contributed by atoms with van der Waals surface area (Å²) in [7, 11) is 0. The maximum Gasteiger partial charge on any atom is 0.251 e. The van der Waals surface area contributed by atoms with Crippen LogP contribution in [-0.4, -0.2) is 15.9 Å². The van der Waals surface area contributed by atoms with Gasteiger partial charge in [0.05, 0.1) is 12.2 Å². The highest BCUT2D eigenvalue weighted by atomic mass is 16.4. The Morgan fingerprint density at radius 3 is 2.89 bits per heavy atom. The molecule has 0 aliphatic carbocycles. The Morgan fingerprint density at radius 2 is 2.28 bits per heavy atom. The lowest BCUT2D eigenvalue weighted by atomic mass is 10.2. The smallest absolute Gasteiger partial charge is 0.251 e. The van der Waals surface area contributed by atoms with E-state index in [4.69, 9.17) is 10.2 Å². The van der Waals surface area contributed by atoms with E-state index in [9.17, 15) is 4.79 Å². The van der Waals surface area contributed by atoms with Crippen molar-refractivity contribution in [2.75, 3.05) is 5.73 Å². The molecule has 0 saturated heterocycles. The molecule has 18 heavy (non-hydrogen) atoms. The molecule has 0 atom stereocenters. The maximum absolute atomic E-state index is 11.8. The summed E-state index contributed by atoms with van der Waals surface area (Å²) in [5.41, 5.74) is 6.79. The van der Waals surface area contributed by atoms with E-state index in [1.54, 1.807) is 6.07 Å². The molecule has 0 saturated carbocycles. The van der Waals surface area contributed by atoms with Crippen molar-refractivity contribution < 1.29 is 9.21 Å². The van der Waals surface area contributed by atoms with Gasteiger partial charge in [0.2, 0.25) is 5.89 Å². The second-order valence-corrected chi connectivity index (χ2v) is 3.90. The van der Waals surface area contributed by atoms with Gasteiger partial charge in [-0.3, -0.25) is 4.79 Å². The number of amides is 1. The molecule has 2 rings (SSSR count). The number of anilines is 1. The number of nitrogen functional groups attached to an aromatic ring is 1. The zero-order chi connectivity index (χ0) is 13.1. The van der Waals surface area contributed by atoms with E-state index in [2.05, 4.69) is 15.3 Å². The Bertz CT molecular complexity index is 558. The molecule has 0 bridgehead atoms. The quantitative estimate of drug-likeness (QED) is 0.848. The van der Waals surface area contributed by atoms with E-state index in [1.807, 2.05) is 13.8 Å². The third-order valence-corrected chi connectivity index (χ3v) is 2.52. The molecule has 2 aromatic heterocycles. The van der Waals surface area contributed by atoms with Crippen molar-refractivity contribution in [1.29, 1.82) is 0 Å². The van der Waals surface area contributed by atoms with E-state index < -0.39 is 0 Å². The van der Waals surface area contributed by atoms with Crippen LogP contribution in [0.4, 0.5) is 5.82 Å². The lowest BCUT2D eigenvalue weighted by Gasteiger charge is -2.02. The highest BCUT2D eigenvalue weighted by Crippen LogP contribution is 2.08. The van der Waals surface area contributed by atoms with Crippen molar-refractivity contribution >= 4 is 11.7 Å². The number of carbonyl (C=O) groups is 1. The van der Waals surface area contributed by atoms with E-state index in [0.29, 0.717) is 17.3 Å². The van der Waals surface area contributed by atoms with Gasteiger partial charge in [-0.1, -0.05) is 0 Å². The normalized spacial score (nSPS) is 10.3. The van der Waals surface area contributed by atoms with E-state index in [-0.39, 0.29) is 12.5 Å². The number of nitrogens with one attached hydrogen (secondary N) is 1. The number of oxazole rings is 1. The van der Waals surface area contributed by atoms with Crippen molar-refractivity contribution in [3.05, 3.63) is 41.2 Å². The van der Waals surface area contributed by atoms with Crippen LogP contribution in [-0.2, 0) is 6.54 Å². The number of carbonyl (C=O) groups excluding carboxylic acids is 1. The number of hydrogen-bond acceptors (Lipinski definition) is 5. The summed E-state index contributed by atoms with van der Waals surface area (Å²) in [6, 6.07) is 3.11. The lowest BCUT2D eigenvalue weighted by Crippen LogP contribution is -2.23. The standard InChI is InChI=1S/C12H14N4O2/c1-7-8(2)18-11(16-7)6-15-12(17)9-3-4-14-10(13)5-9/h3-5H,6H2,1-2H3,(H2,13,14)(H,15,17). The Hall–Kier alpha value is -2.37. The van der Waals surface area contributed by atoms with Crippen molar-refractivity contribution in [1.82, 2.24) is 15.3 Å². The first-order valence-electron chi connectivity index (χ1n) is 5.49. The number of aryl methyl sites for hydroxylation is 2. The minimum absolute atomic E-state index is 0.238. The minimum Gasteiger partial charge on any atom is -0.444 e. The molecular weight excluding hydrogens is 232 g/mol. The molecule has 0 aromatic carbocycles. The van der Waals surface area contributed by atoms with Crippen LogP contribution in [0.25, 0.3) is 0 Å². The Morgan fingerprint density at radius 1 is 1.50 bits per heavy atom. The second kappa shape index (κ2) is 4.87. The summed E-state index contributed by atoms with van der Waals surface area (Å²) in [4.78, 5) is 19.8. The van der Waals surface area contributed by atoms with Gasteiger partial charge in [0, 0.05) is 11.8 Å². The van der Waals surface area contributed by atoms with Gasteiger partial charge in [0.1, 0.15) is 11.6 Å². The van der Waals surface area contributed by atoms with E-state index >= 15 is 0 Å². The summed E-state index contributed by atoms with van der Waals surface area (Å²) in [5.74, 6) is 1.32. The van der Waals surface area contributed by atoms with Crippen LogP contribution in [0.3, 0.4) is 0 Å². The maximum atomic E-state index is 11.8. The van der Waals surface area contributed by atoms with Gasteiger partial charge in [-0.25, -0.2) is 9.97 Å². The fourth-order valence-corrected chi connectivity index (χ4v) is 1.46. The third-order valence-electron chi connectivity index (χ3n) is 2.52. The Labute approximate surface area is 104 Å². The predicted molar refractivity (Wildman–Crippen MR) is 65.8 cm³/mol. The van der Waals surface area contributed by atoms with Gasteiger partial charge in [-0.2, -0.15) is 0 Å². The number of nitrogens with two attached hydrogens (primary N) is 1. The van der Waals surface area contributed by atoms with Crippen LogP contribution in [0.2, 0.25) is 0 Å². The van der Waals surface area contributed by atoms with Crippen molar-refractivity contribution in [2.45, 2.75) is 20.4 Å². The van der Waals surface area contributed by atoms with Crippen LogP contribution in [0.5, 0.6) is 0 Å². The van der Waals surface area contributed by atoms with Crippen LogP contribution in [0.1, 0.15) is 27.7 Å². The molecule has 6 heteroatoms. The molecule has 0 fully saturated rings. The predicted octanol–water partition coefficient (Wildman–Crippen LogP) is 1.20. The largest absolute Gasteiger partial charge is 0.444 e. The average Bonchev–Trinajstić information content (AvgIpc) is 2.66. The average molecular weight is 246 g/mol. The lowest BCUT2D eigenvalue weighted by molar-refractivity contribution is 0.0947. The molecule has 94 valence electrons. The summed E-state index contributed by atoms with van der Waals surface area (Å²) in [5, 5.41) is 2.70. The fourth-order valence-electron chi connectivity index (χ4n) is 1.46. The number of nitrogens with zero attached hydrogens (tertiary/aromatic N) is 2. The first-order chi connectivity index (χ1) is 8.56. The van der Waals surface area contributed by atoms with Crippen molar-refractivity contribution in [3.63, 3.8) is 0 Å². The number of aromatic nitrogens is 2. The molecule has 6 nitrogen and oxygen atoms in total. The second-order valence-electron chi connectivity index (χ2n) is 3.90. The van der Waals surface area contributed by atoms with Gasteiger partial charge >= 0.3 is 0 Å². The minimum atomic E-state index is -0.238. The monoisotopic (exact) mass is 246 g/mol. The first kappa shape index (κ1) is 12.1. The molecule has 3 N–H and O–H groups in total. The highest BCUT2D eigenvalue weighted by molar-refractivity contribution is 5.94. The van der Waals surface area contributed by atoms with Gasteiger partial charge in [0.25, 0.3) is 5.91 Å². The molecule has 2 heterocycles. The zero-order valence-corrected chi connectivity index (χ0v) is 10.2. The molecule has 0 radical (unpaired) electrons. The van der Waals surface area contributed by atoms with Crippen LogP contribution in [0, 0.1) is 13.8 Å². The van der Waals surface area contributed by atoms with Crippen LogP contribution < -0.4 is 11.1 Å². The molecule has 0 aliphatic heterocycles. The van der Waals surface area contributed by atoms with Crippen molar-refractivity contribution in [2.24, 2.45) is 0 Å². The zero-order valence-electron chi connectivity index (χ0n) is 10.2. The van der Waals surface area contributed by atoms with Crippen LogP contribution in [0.15, 0.2) is 22.7 Å². The SMILES string of the molecule is Cc1nc(CNC(=O)c2ccnc(N)c2)oc1C. The molecule has 1 amide bonds. The van der Waals surface area contributed by atoms with Crippen molar-refractivity contribution in [3.8, 4) is 0 Å². The van der Waals surface area contributed by atoms with Gasteiger partial charge in [-0.15, -0.1) is 0 Å². The van der Waals surface area contributed by atoms with Gasteiger partial charge in [-0.05, 0) is 26.0 Å². The molecule has 0 aliphatic rings. The number of pyridine rings is 1. The Kier molecular flexibility index (Phi) is 3.27. The van der Waals surface area contributed by atoms with Gasteiger partial charge < -0.3 is 15.5 Å². The molecular formula is C12H14N4O2. The molecule has 2 aromatic rings. The van der Waals surface area contributed by atoms with Gasteiger partial charge in [0.15, 0.2) is 0 Å². The molecule has 0 spiro atoms. The summed E-state index contributed by atoms with van der Waals surface area (Å²) >= 11 is 0.